The molecule has 33 heavy (non-hydrogen) atoms. The number of aliphatic imine (C=N–C) groups is 1. The van der Waals surface area contributed by atoms with E-state index in [0.29, 0.717) is 36.9 Å². The van der Waals surface area contributed by atoms with Gasteiger partial charge in [0.1, 0.15) is 24.4 Å². The molecule has 3 aliphatic heterocycles. The summed E-state index contributed by atoms with van der Waals surface area (Å²) in [5.41, 5.74) is 7.96. The number of hydrogen-bond acceptors (Lipinski definition) is 8. The molecule has 2 aromatic carbocycles. The highest BCUT2D eigenvalue weighted by molar-refractivity contribution is 5.78. The van der Waals surface area contributed by atoms with E-state index < -0.39 is 11.4 Å². The van der Waals surface area contributed by atoms with Crippen molar-refractivity contribution in [3.05, 3.63) is 66.0 Å². The van der Waals surface area contributed by atoms with E-state index in [1.165, 1.54) is 12.4 Å². The lowest BCUT2D eigenvalue weighted by Crippen LogP contribution is -2.44. The smallest absolute Gasteiger partial charge is 0.283 e. The maximum Gasteiger partial charge on any atom is 0.283 e. The lowest BCUT2D eigenvalue weighted by Gasteiger charge is -2.38. The van der Waals surface area contributed by atoms with E-state index in [1.54, 1.807) is 18.5 Å². The van der Waals surface area contributed by atoms with Gasteiger partial charge in [-0.05, 0) is 23.8 Å². The van der Waals surface area contributed by atoms with E-state index in [1.807, 2.05) is 25.1 Å². The molecule has 3 aromatic rings. The second kappa shape index (κ2) is 7.14. The molecule has 0 bridgehead atoms. The van der Waals surface area contributed by atoms with Crippen molar-refractivity contribution in [1.29, 1.82) is 0 Å². The summed E-state index contributed by atoms with van der Waals surface area (Å²) < 4.78 is 37.8. The molecule has 9 heteroatoms. The fraction of sp³-hybridized carbons (Fsp3) is 0.292. The number of rotatable bonds is 4. The van der Waals surface area contributed by atoms with Crippen molar-refractivity contribution in [2.45, 2.75) is 12.5 Å². The van der Waals surface area contributed by atoms with Crippen LogP contribution in [0.1, 0.15) is 18.1 Å². The summed E-state index contributed by atoms with van der Waals surface area (Å²) in [6.07, 6.45) is 4.94. The van der Waals surface area contributed by atoms with Crippen LogP contribution in [0.15, 0.2) is 54.0 Å². The number of amidine groups is 1. The first kappa shape index (κ1) is 19.9. The molecule has 1 aromatic heterocycles. The monoisotopic (exact) mass is 448 g/mol. The zero-order chi connectivity index (χ0) is 22.6. The SMILES string of the molecule is CC1(COc2cc3c(cc2F)Oc2ccc(-c4cncnc4)cc2[C@]32COC(N)=N2)COC1. The quantitative estimate of drug-likeness (QED) is 0.653. The zero-order valence-corrected chi connectivity index (χ0v) is 17.9. The molecule has 1 fully saturated rings. The highest BCUT2D eigenvalue weighted by Gasteiger charge is 2.48. The highest BCUT2D eigenvalue weighted by atomic mass is 19.1. The number of nitrogens with two attached hydrogens (primary N) is 1. The molecule has 3 aliphatic rings. The third-order valence-electron chi connectivity index (χ3n) is 6.23. The van der Waals surface area contributed by atoms with E-state index >= 15 is 0 Å². The van der Waals surface area contributed by atoms with Crippen LogP contribution < -0.4 is 15.2 Å². The molecule has 8 nitrogen and oxygen atoms in total. The number of nitrogens with zero attached hydrogens (tertiary/aromatic N) is 3. The van der Waals surface area contributed by atoms with Gasteiger partial charge in [-0.2, -0.15) is 0 Å². The maximum absolute atomic E-state index is 14.9. The Kier molecular flexibility index (Phi) is 4.31. The molecule has 1 atom stereocenters. The van der Waals surface area contributed by atoms with Gasteiger partial charge in [-0.3, -0.25) is 0 Å². The van der Waals surface area contributed by atoms with Crippen LogP contribution >= 0.6 is 0 Å². The van der Waals surface area contributed by atoms with Gasteiger partial charge in [0.2, 0.25) is 0 Å². The molecule has 2 N–H and O–H groups in total. The van der Waals surface area contributed by atoms with Crippen molar-refractivity contribution in [2.75, 3.05) is 26.4 Å². The van der Waals surface area contributed by atoms with Gasteiger partial charge < -0.3 is 24.7 Å². The zero-order valence-electron chi connectivity index (χ0n) is 17.9. The molecular weight excluding hydrogens is 427 g/mol. The van der Waals surface area contributed by atoms with Gasteiger partial charge in [-0.25, -0.2) is 19.4 Å². The van der Waals surface area contributed by atoms with Gasteiger partial charge in [-0.1, -0.05) is 13.0 Å². The van der Waals surface area contributed by atoms with Crippen LogP contribution in [0, 0.1) is 11.2 Å². The van der Waals surface area contributed by atoms with E-state index in [-0.39, 0.29) is 23.8 Å². The number of halogens is 1. The van der Waals surface area contributed by atoms with Gasteiger partial charge in [0, 0.05) is 40.6 Å². The van der Waals surface area contributed by atoms with Crippen molar-refractivity contribution in [3.8, 4) is 28.4 Å². The minimum atomic E-state index is -0.992. The van der Waals surface area contributed by atoms with Gasteiger partial charge >= 0.3 is 0 Å². The topological polar surface area (TPSA) is 101 Å². The van der Waals surface area contributed by atoms with Crippen LogP contribution in [0.25, 0.3) is 11.1 Å². The maximum atomic E-state index is 14.9. The van der Waals surface area contributed by atoms with E-state index in [9.17, 15) is 4.39 Å². The lowest BCUT2D eigenvalue weighted by atomic mass is 9.80. The average Bonchev–Trinajstić information content (AvgIpc) is 3.19. The summed E-state index contributed by atoms with van der Waals surface area (Å²) in [5.74, 6) is 0.521. The molecule has 1 spiro atoms. The average molecular weight is 448 g/mol. The van der Waals surface area contributed by atoms with Gasteiger partial charge in [0.15, 0.2) is 17.1 Å². The number of fused-ring (bicyclic) bond motifs is 4. The van der Waals surface area contributed by atoms with Crippen molar-refractivity contribution < 1.29 is 23.3 Å². The number of ether oxygens (including phenoxy) is 4. The van der Waals surface area contributed by atoms with Gasteiger partial charge in [0.05, 0.1) is 19.8 Å². The molecule has 0 saturated carbocycles. The van der Waals surface area contributed by atoms with E-state index in [0.717, 1.165) is 16.7 Å². The van der Waals surface area contributed by atoms with Crippen LogP contribution in [0.3, 0.4) is 0 Å². The fourth-order valence-electron chi connectivity index (χ4n) is 4.38. The molecule has 0 unspecified atom stereocenters. The Bertz CT molecular complexity index is 1280. The Balaban J connectivity index is 1.46. The van der Waals surface area contributed by atoms with Crippen molar-refractivity contribution >= 4 is 6.02 Å². The Hall–Kier alpha value is -3.72. The summed E-state index contributed by atoms with van der Waals surface area (Å²) in [6, 6.07) is 8.71. The second-order valence-electron chi connectivity index (χ2n) is 8.91. The summed E-state index contributed by atoms with van der Waals surface area (Å²) in [6.45, 7) is 3.71. The van der Waals surface area contributed by atoms with Gasteiger partial charge in [-0.15, -0.1) is 0 Å². The van der Waals surface area contributed by atoms with Crippen molar-refractivity contribution in [1.82, 2.24) is 9.97 Å². The minimum absolute atomic E-state index is 0.0631. The van der Waals surface area contributed by atoms with E-state index in [2.05, 4.69) is 15.0 Å². The third kappa shape index (κ3) is 3.19. The summed E-state index contributed by atoms with van der Waals surface area (Å²) in [7, 11) is 0. The van der Waals surface area contributed by atoms with Crippen LogP contribution in [0.4, 0.5) is 4.39 Å². The first-order valence-corrected chi connectivity index (χ1v) is 10.6. The first-order chi connectivity index (χ1) is 16.0. The Morgan fingerprint density at radius 3 is 2.52 bits per heavy atom. The molecule has 0 aliphatic carbocycles. The minimum Gasteiger partial charge on any atom is -0.490 e. The standard InChI is InChI=1S/C24H21FN4O4/c1-23(9-30-10-23)11-31-21-5-17-20(6-18(21)25)33-19-3-2-14(15-7-27-13-28-8-15)4-16(19)24(17)12-32-22(26)29-24/h2-8,13H,9-12H2,1H3,(H2,26,29)/t24-/m1/s1. The largest absolute Gasteiger partial charge is 0.490 e. The summed E-state index contributed by atoms with van der Waals surface area (Å²) in [5, 5.41) is 0. The predicted octanol–water partition coefficient (Wildman–Crippen LogP) is 3.39. The number of hydrogen-bond donors (Lipinski definition) is 1. The molecule has 168 valence electrons. The van der Waals surface area contributed by atoms with Gasteiger partial charge in [0.25, 0.3) is 6.02 Å². The molecule has 0 amide bonds. The Labute approximate surface area is 189 Å². The number of aromatic nitrogens is 2. The fourth-order valence-corrected chi connectivity index (χ4v) is 4.38. The predicted molar refractivity (Wildman–Crippen MR) is 117 cm³/mol. The van der Waals surface area contributed by atoms with Crippen molar-refractivity contribution in [2.24, 2.45) is 16.1 Å². The molecular formula is C24H21FN4O4. The Morgan fingerprint density at radius 1 is 1.03 bits per heavy atom. The van der Waals surface area contributed by atoms with Crippen LogP contribution in [-0.4, -0.2) is 42.4 Å². The highest BCUT2D eigenvalue weighted by Crippen LogP contribution is 2.53. The van der Waals surface area contributed by atoms with Crippen molar-refractivity contribution in [3.63, 3.8) is 0 Å². The third-order valence-corrected chi connectivity index (χ3v) is 6.23. The number of benzene rings is 2. The first-order valence-electron chi connectivity index (χ1n) is 10.6. The molecule has 4 heterocycles. The van der Waals surface area contributed by atoms with Crippen LogP contribution in [0.5, 0.6) is 17.2 Å². The van der Waals surface area contributed by atoms with E-state index in [4.69, 9.17) is 24.7 Å². The Morgan fingerprint density at radius 2 is 1.82 bits per heavy atom. The molecule has 1 saturated heterocycles. The molecule has 6 rings (SSSR count). The van der Waals surface area contributed by atoms with Crippen LogP contribution in [0.2, 0.25) is 0 Å². The molecule has 0 radical (unpaired) electrons. The van der Waals surface area contributed by atoms with Crippen LogP contribution in [-0.2, 0) is 15.0 Å². The summed E-state index contributed by atoms with van der Waals surface area (Å²) in [4.78, 5) is 12.9. The normalized spacial score (nSPS) is 21.8. The summed E-state index contributed by atoms with van der Waals surface area (Å²) >= 11 is 0. The lowest BCUT2D eigenvalue weighted by molar-refractivity contribution is -0.120. The second-order valence-corrected chi connectivity index (χ2v) is 8.91.